The Kier molecular flexibility index (Phi) is 8.98. The third-order valence-electron chi connectivity index (χ3n) is 6.56. The van der Waals surface area contributed by atoms with Gasteiger partial charge < -0.3 is 4.74 Å². The molecule has 1 fully saturated rings. The highest BCUT2D eigenvalue weighted by Crippen LogP contribution is 2.49. The Morgan fingerprint density at radius 2 is 1.74 bits per heavy atom. The lowest BCUT2D eigenvalue weighted by Gasteiger charge is -2.21. The van der Waals surface area contributed by atoms with E-state index in [0.29, 0.717) is 17.9 Å². The summed E-state index contributed by atoms with van der Waals surface area (Å²) in [6, 6.07) is 17.1. The summed E-state index contributed by atoms with van der Waals surface area (Å²) in [5, 5.41) is 0. The van der Waals surface area contributed by atoms with Crippen LogP contribution in [0.1, 0.15) is 67.7 Å². The number of esters is 1. The summed E-state index contributed by atoms with van der Waals surface area (Å²) in [6.07, 6.45) is 12.6. The van der Waals surface area contributed by atoms with Gasteiger partial charge in [-0.05, 0) is 67.5 Å². The van der Waals surface area contributed by atoms with Crippen molar-refractivity contribution < 1.29 is 9.53 Å². The van der Waals surface area contributed by atoms with Gasteiger partial charge in [0.25, 0.3) is 0 Å². The predicted octanol–water partition coefficient (Wildman–Crippen LogP) is 7.53. The van der Waals surface area contributed by atoms with Crippen LogP contribution in [0.3, 0.4) is 0 Å². The molecular formula is C29H35NO2S2. The first-order valence-corrected chi connectivity index (χ1v) is 14.6. The Balaban J connectivity index is 1.24. The second-order valence-electron chi connectivity index (χ2n) is 9.45. The number of carbonyl (C=O) groups excluding carboxylic acids is 1. The first-order chi connectivity index (χ1) is 16.5. The van der Waals surface area contributed by atoms with Crippen molar-refractivity contribution in [2.75, 3.05) is 26.1 Å². The van der Waals surface area contributed by atoms with Gasteiger partial charge in [0.2, 0.25) is 0 Å². The molecule has 1 saturated heterocycles. The second kappa shape index (κ2) is 12.1. The zero-order chi connectivity index (χ0) is 23.8. The molecule has 1 aliphatic heterocycles. The average Bonchev–Trinajstić information content (AvgIpc) is 3.22. The normalized spacial score (nSPS) is 19.0. The monoisotopic (exact) mass is 493 g/mol. The van der Waals surface area contributed by atoms with Gasteiger partial charge in [-0.2, -0.15) is 0 Å². The predicted molar refractivity (Wildman–Crippen MR) is 149 cm³/mol. The van der Waals surface area contributed by atoms with Gasteiger partial charge in [-0.1, -0.05) is 94.8 Å². The van der Waals surface area contributed by atoms with E-state index in [2.05, 4.69) is 78.6 Å². The van der Waals surface area contributed by atoms with E-state index in [1.165, 1.54) is 46.4 Å². The fraction of sp³-hybridized carbons (Fsp3) is 0.414. The van der Waals surface area contributed by atoms with Crippen molar-refractivity contribution in [2.45, 2.75) is 50.2 Å². The molecule has 0 saturated carbocycles. The molecule has 5 heteroatoms. The first kappa shape index (κ1) is 25.2. The van der Waals surface area contributed by atoms with Crippen molar-refractivity contribution in [2.24, 2.45) is 0 Å². The number of fused-ring (bicyclic) bond motifs is 2. The molecule has 4 rings (SSSR count). The molecule has 2 aromatic carbocycles. The van der Waals surface area contributed by atoms with Crippen LogP contribution in [-0.4, -0.2) is 41.7 Å². The van der Waals surface area contributed by atoms with Crippen LogP contribution in [0.5, 0.6) is 0 Å². The molecule has 0 bridgehead atoms. The van der Waals surface area contributed by atoms with E-state index in [0.717, 1.165) is 25.8 Å². The van der Waals surface area contributed by atoms with E-state index in [-0.39, 0.29) is 5.97 Å². The molecule has 0 radical (unpaired) electrons. The molecule has 34 heavy (non-hydrogen) atoms. The third-order valence-corrected chi connectivity index (χ3v) is 9.92. The Bertz CT molecular complexity index is 988. The summed E-state index contributed by atoms with van der Waals surface area (Å²) >= 11 is 0. The molecule has 0 amide bonds. The van der Waals surface area contributed by atoms with Crippen LogP contribution in [0.2, 0.25) is 0 Å². The maximum absolute atomic E-state index is 12.2. The third kappa shape index (κ3) is 6.80. The van der Waals surface area contributed by atoms with Crippen molar-refractivity contribution in [1.29, 1.82) is 0 Å². The Labute approximate surface area is 212 Å². The minimum Gasteiger partial charge on any atom is -0.449 e. The summed E-state index contributed by atoms with van der Waals surface area (Å²) in [5.41, 5.74) is 6.29. The van der Waals surface area contributed by atoms with Gasteiger partial charge in [0.05, 0.1) is 0 Å². The molecular weight excluding hydrogens is 458 g/mol. The van der Waals surface area contributed by atoms with Gasteiger partial charge in [0, 0.05) is 23.5 Å². The van der Waals surface area contributed by atoms with Crippen molar-refractivity contribution in [3.05, 3.63) is 76.9 Å². The van der Waals surface area contributed by atoms with Crippen molar-refractivity contribution in [3.8, 4) is 0 Å². The maximum atomic E-state index is 12.2. The second-order valence-corrected chi connectivity index (χ2v) is 12.5. The van der Waals surface area contributed by atoms with Gasteiger partial charge in [-0.3, -0.25) is 9.69 Å². The lowest BCUT2D eigenvalue weighted by Crippen LogP contribution is -2.24. The summed E-state index contributed by atoms with van der Waals surface area (Å²) in [5.74, 6) is 1.17. The molecule has 180 valence electrons. The number of rotatable bonds is 10. The minimum absolute atomic E-state index is 0.0819. The van der Waals surface area contributed by atoms with Crippen LogP contribution in [0.15, 0.2) is 54.6 Å². The van der Waals surface area contributed by atoms with Crippen LogP contribution in [0.25, 0.3) is 17.7 Å². The maximum Gasteiger partial charge on any atom is 0.307 e. The van der Waals surface area contributed by atoms with Crippen molar-refractivity contribution in [3.63, 3.8) is 0 Å². The number of benzene rings is 2. The average molecular weight is 494 g/mol. The largest absolute Gasteiger partial charge is 0.449 e. The van der Waals surface area contributed by atoms with Gasteiger partial charge in [-0.15, -0.1) is 0 Å². The number of carbonyl (C=O) groups is 1. The zero-order valence-corrected chi connectivity index (χ0v) is 21.9. The van der Waals surface area contributed by atoms with E-state index in [1.807, 2.05) is 28.6 Å². The molecule has 1 aliphatic carbocycles. The number of unbranched alkanes of at least 4 members (excludes halogenated alkanes) is 1. The fourth-order valence-electron chi connectivity index (χ4n) is 4.49. The first-order valence-electron chi connectivity index (χ1n) is 12.3. The molecule has 1 heterocycles. The lowest BCUT2D eigenvalue weighted by atomic mass is 9.93. The molecule has 3 nitrogen and oxygen atoms in total. The van der Waals surface area contributed by atoms with Crippen LogP contribution < -0.4 is 0 Å². The highest BCUT2D eigenvalue weighted by atomic mass is 33.1. The Hall–Kier alpha value is -1.95. The minimum atomic E-state index is -0.0819. The highest BCUT2D eigenvalue weighted by molar-refractivity contribution is 8.77. The van der Waals surface area contributed by atoms with Crippen LogP contribution >= 0.6 is 21.6 Å². The van der Waals surface area contributed by atoms with E-state index in [1.54, 1.807) is 0 Å². The summed E-state index contributed by atoms with van der Waals surface area (Å²) in [6.45, 7) is 3.53. The topological polar surface area (TPSA) is 29.5 Å². The van der Waals surface area contributed by atoms with Crippen molar-refractivity contribution >= 4 is 45.3 Å². The molecule has 0 unspecified atom stereocenters. The molecule has 0 aromatic heterocycles. The van der Waals surface area contributed by atoms with Crippen LogP contribution in [0.4, 0.5) is 0 Å². The lowest BCUT2D eigenvalue weighted by molar-refractivity contribution is -0.148. The fourth-order valence-corrected chi connectivity index (χ4v) is 7.78. The molecule has 2 aliphatic rings. The summed E-state index contributed by atoms with van der Waals surface area (Å²) in [7, 11) is 6.01. The Morgan fingerprint density at radius 1 is 1.06 bits per heavy atom. The number of hydrogen-bond donors (Lipinski definition) is 0. The quantitative estimate of drug-likeness (QED) is 0.126. The Morgan fingerprint density at radius 3 is 2.38 bits per heavy atom. The number of nitrogens with zero attached hydrogens (tertiary/aromatic N) is 1. The van der Waals surface area contributed by atoms with Gasteiger partial charge in [0.1, 0.15) is 6.73 Å². The van der Waals surface area contributed by atoms with E-state index < -0.39 is 0 Å². The molecule has 1 atom stereocenters. The van der Waals surface area contributed by atoms with Crippen LogP contribution in [-0.2, 0) is 9.53 Å². The summed E-state index contributed by atoms with van der Waals surface area (Å²) < 4.78 is 5.92. The SMILES string of the molecule is CN(CCC=C1c2ccccc2C=Cc2ccccc21)COC(=O)CCCC[C@]1(C)CCSS1. The van der Waals surface area contributed by atoms with E-state index in [9.17, 15) is 4.79 Å². The zero-order valence-electron chi connectivity index (χ0n) is 20.3. The number of hydrogen-bond acceptors (Lipinski definition) is 5. The smallest absolute Gasteiger partial charge is 0.307 e. The van der Waals surface area contributed by atoms with Crippen LogP contribution in [0, 0.1) is 0 Å². The van der Waals surface area contributed by atoms with E-state index >= 15 is 0 Å². The molecule has 2 aromatic rings. The molecule has 0 N–H and O–H groups in total. The molecule has 0 spiro atoms. The van der Waals surface area contributed by atoms with Gasteiger partial charge >= 0.3 is 5.97 Å². The van der Waals surface area contributed by atoms with E-state index in [4.69, 9.17) is 4.74 Å². The highest BCUT2D eigenvalue weighted by Gasteiger charge is 2.29. The summed E-state index contributed by atoms with van der Waals surface area (Å²) in [4.78, 5) is 14.3. The van der Waals surface area contributed by atoms with Gasteiger partial charge in [-0.25, -0.2) is 0 Å². The van der Waals surface area contributed by atoms with Crippen molar-refractivity contribution in [1.82, 2.24) is 4.90 Å². The standard InChI is InChI=1S/C29H35NO2S2/c1-29(19-21-33-34-29)18-8-7-15-28(31)32-22-30(2)20-9-14-27-25-12-5-3-10-23(25)16-17-24-11-4-6-13-26(24)27/h3-6,10-14,16-17H,7-9,15,18-22H2,1-2H3/t29-/m1/s1. The van der Waals surface area contributed by atoms with Gasteiger partial charge in [0.15, 0.2) is 0 Å². The number of ether oxygens (including phenoxy) is 1.